The SMILES string of the molecule is CC(C)[C@H](CNC(=O)c1cccc(C#CC(C)(C)O)c1)N1CCCC1. The van der Waals surface area contributed by atoms with Crippen molar-refractivity contribution in [3.8, 4) is 11.8 Å². The molecular weight excluding hydrogens is 312 g/mol. The van der Waals surface area contributed by atoms with Gasteiger partial charge in [-0.05, 0) is 63.9 Å². The number of likely N-dealkylation sites (tertiary alicyclic amines) is 1. The van der Waals surface area contributed by atoms with Gasteiger partial charge in [0.05, 0.1) is 0 Å². The van der Waals surface area contributed by atoms with Gasteiger partial charge in [-0.15, -0.1) is 0 Å². The number of hydrogen-bond donors (Lipinski definition) is 2. The molecule has 4 nitrogen and oxygen atoms in total. The number of aliphatic hydroxyl groups is 1. The fourth-order valence-corrected chi connectivity index (χ4v) is 3.12. The van der Waals surface area contributed by atoms with Crippen molar-refractivity contribution >= 4 is 5.91 Å². The fraction of sp³-hybridized carbons (Fsp3) is 0.571. The van der Waals surface area contributed by atoms with Crippen LogP contribution in [-0.2, 0) is 0 Å². The molecule has 1 atom stereocenters. The molecule has 136 valence electrons. The monoisotopic (exact) mass is 342 g/mol. The summed E-state index contributed by atoms with van der Waals surface area (Å²) in [7, 11) is 0. The first-order valence-electron chi connectivity index (χ1n) is 9.14. The van der Waals surface area contributed by atoms with Crippen LogP contribution in [-0.4, -0.2) is 47.2 Å². The van der Waals surface area contributed by atoms with Gasteiger partial charge in [-0.3, -0.25) is 9.69 Å². The van der Waals surface area contributed by atoms with Crippen molar-refractivity contribution in [3.05, 3.63) is 35.4 Å². The predicted molar refractivity (Wildman–Crippen MR) is 101 cm³/mol. The molecule has 0 aromatic heterocycles. The molecule has 2 N–H and O–H groups in total. The Morgan fingerprint density at radius 1 is 1.32 bits per heavy atom. The minimum Gasteiger partial charge on any atom is -0.378 e. The number of carbonyl (C=O) groups is 1. The quantitative estimate of drug-likeness (QED) is 0.809. The van der Waals surface area contributed by atoms with Crippen molar-refractivity contribution in [2.75, 3.05) is 19.6 Å². The summed E-state index contributed by atoms with van der Waals surface area (Å²) in [6.07, 6.45) is 2.50. The molecule has 1 fully saturated rings. The lowest BCUT2D eigenvalue weighted by atomic mass is 10.0. The maximum absolute atomic E-state index is 12.5. The van der Waals surface area contributed by atoms with E-state index in [1.807, 2.05) is 12.1 Å². The van der Waals surface area contributed by atoms with Crippen LogP contribution in [0, 0.1) is 17.8 Å². The number of carbonyl (C=O) groups excluding carboxylic acids is 1. The summed E-state index contributed by atoms with van der Waals surface area (Å²) in [6, 6.07) is 7.61. The van der Waals surface area contributed by atoms with E-state index in [4.69, 9.17) is 0 Å². The van der Waals surface area contributed by atoms with Crippen molar-refractivity contribution in [3.63, 3.8) is 0 Å². The van der Waals surface area contributed by atoms with Gasteiger partial charge in [-0.25, -0.2) is 0 Å². The molecule has 0 aliphatic carbocycles. The van der Waals surface area contributed by atoms with Crippen LogP contribution in [0.15, 0.2) is 24.3 Å². The summed E-state index contributed by atoms with van der Waals surface area (Å²) >= 11 is 0. The minimum absolute atomic E-state index is 0.0724. The van der Waals surface area contributed by atoms with Crippen LogP contribution in [0.2, 0.25) is 0 Å². The Morgan fingerprint density at radius 2 is 2.00 bits per heavy atom. The Kier molecular flexibility index (Phi) is 6.64. The van der Waals surface area contributed by atoms with Gasteiger partial charge in [0, 0.05) is 23.7 Å². The molecule has 1 aromatic rings. The molecule has 25 heavy (non-hydrogen) atoms. The average molecular weight is 342 g/mol. The summed E-state index contributed by atoms with van der Waals surface area (Å²) in [5, 5.41) is 12.8. The van der Waals surface area contributed by atoms with Crippen molar-refractivity contribution < 1.29 is 9.90 Å². The molecule has 1 saturated heterocycles. The van der Waals surface area contributed by atoms with Crippen LogP contribution in [0.5, 0.6) is 0 Å². The molecule has 1 aliphatic rings. The zero-order chi connectivity index (χ0) is 18.4. The third-order valence-electron chi connectivity index (χ3n) is 4.49. The Bertz CT molecular complexity index is 644. The molecular formula is C21H30N2O2. The van der Waals surface area contributed by atoms with E-state index < -0.39 is 5.60 Å². The highest BCUT2D eigenvalue weighted by atomic mass is 16.3. The van der Waals surface area contributed by atoms with E-state index in [-0.39, 0.29) is 5.91 Å². The summed E-state index contributed by atoms with van der Waals surface area (Å²) in [5.74, 6) is 6.12. The lowest BCUT2D eigenvalue weighted by molar-refractivity contribution is 0.0927. The van der Waals surface area contributed by atoms with E-state index in [0.29, 0.717) is 24.1 Å². The van der Waals surface area contributed by atoms with Gasteiger partial charge in [-0.1, -0.05) is 31.8 Å². The molecule has 0 unspecified atom stereocenters. The molecule has 1 heterocycles. The molecule has 1 aromatic carbocycles. The summed E-state index contributed by atoms with van der Waals surface area (Å²) in [5.41, 5.74) is 0.291. The van der Waals surface area contributed by atoms with Crippen molar-refractivity contribution in [1.29, 1.82) is 0 Å². The molecule has 2 rings (SSSR count). The molecule has 1 amide bonds. The second kappa shape index (κ2) is 8.51. The van der Waals surface area contributed by atoms with E-state index in [1.165, 1.54) is 12.8 Å². The fourth-order valence-electron chi connectivity index (χ4n) is 3.12. The Hall–Kier alpha value is -1.83. The Morgan fingerprint density at radius 3 is 2.60 bits per heavy atom. The van der Waals surface area contributed by atoms with Crippen LogP contribution in [0.4, 0.5) is 0 Å². The molecule has 1 aliphatic heterocycles. The minimum atomic E-state index is -1.04. The standard InChI is InChI=1S/C21H30N2O2/c1-16(2)19(23-12-5-6-13-23)15-22-20(24)18-9-7-8-17(14-18)10-11-21(3,4)25/h7-9,14,16,19,25H,5-6,12-13,15H2,1-4H3,(H,22,24)/t19-/m0/s1. The van der Waals surface area contributed by atoms with Crippen LogP contribution >= 0.6 is 0 Å². The summed E-state index contributed by atoms with van der Waals surface area (Å²) < 4.78 is 0. The molecule has 0 spiro atoms. The Balaban J connectivity index is 2.01. The highest BCUT2D eigenvalue weighted by Crippen LogP contribution is 2.17. The van der Waals surface area contributed by atoms with Crippen molar-refractivity contribution in [2.45, 2.75) is 52.2 Å². The zero-order valence-electron chi connectivity index (χ0n) is 15.8. The molecule has 0 bridgehead atoms. The van der Waals surface area contributed by atoms with E-state index >= 15 is 0 Å². The highest BCUT2D eigenvalue weighted by molar-refractivity contribution is 5.94. The predicted octanol–water partition coefficient (Wildman–Crippen LogP) is 2.66. The smallest absolute Gasteiger partial charge is 0.251 e. The van der Waals surface area contributed by atoms with Crippen LogP contribution in [0.3, 0.4) is 0 Å². The normalized spacial score (nSPS) is 16.4. The zero-order valence-corrected chi connectivity index (χ0v) is 15.8. The van der Waals surface area contributed by atoms with E-state index in [1.54, 1.807) is 26.0 Å². The summed E-state index contributed by atoms with van der Waals surface area (Å²) in [6.45, 7) is 10.6. The molecule has 0 saturated carbocycles. The maximum Gasteiger partial charge on any atom is 0.251 e. The lowest BCUT2D eigenvalue weighted by Gasteiger charge is -2.31. The van der Waals surface area contributed by atoms with Gasteiger partial charge in [0.15, 0.2) is 0 Å². The van der Waals surface area contributed by atoms with Gasteiger partial charge in [0.2, 0.25) is 0 Å². The summed E-state index contributed by atoms with van der Waals surface area (Å²) in [4.78, 5) is 15.0. The average Bonchev–Trinajstić information content (AvgIpc) is 3.06. The number of amides is 1. The number of nitrogens with zero attached hydrogens (tertiary/aromatic N) is 1. The third kappa shape index (κ3) is 6.19. The number of benzene rings is 1. The number of hydrogen-bond acceptors (Lipinski definition) is 3. The maximum atomic E-state index is 12.5. The number of rotatable bonds is 5. The van der Waals surface area contributed by atoms with Crippen molar-refractivity contribution in [2.24, 2.45) is 5.92 Å². The van der Waals surface area contributed by atoms with E-state index in [9.17, 15) is 9.90 Å². The van der Waals surface area contributed by atoms with Gasteiger partial charge in [0.1, 0.15) is 5.60 Å². The van der Waals surface area contributed by atoms with Gasteiger partial charge >= 0.3 is 0 Å². The molecule has 0 radical (unpaired) electrons. The van der Waals surface area contributed by atoms with Gasteiger partial charge in [-0.2, -0.15) is 0 Å². The van der Waals surface area contributed by atoms with Gasteiger partial charge < -0.3 is 10.4 Å². The van der Waals surface area contributed by atoms with Crippen LogP contribution in [0.1, 0.15) is 56.5 Å². The van der Waals surface area contributed by atoms with Crippen molar-refractivity contribution in [1.82, 2.24) is 10.2 Å². The molecule has 4 heteroatoms. The number of nitrogens with one attached hydrogen (secondary N) is 1. The second-order valence-corrected chi connectivity index (χ2v) is 7.65. The first-order chi connectivity index (χ1) is 11.8. The lowest BCUT2D eigenvalue weighted by Crippen LogP contribution is -2.45. The van der Waals surface area contributed by atoms with E-state index in [2.05, 4.69) is 35.9 Å². The first kappa shape index (κ1) is 19.5. The second-order valence-electron chi connectivity index (χ2n) is 7.65. The first-order valence-corrected chi connectivity index (χ1v) is 9.14. The van der Waals surface area contributed by atoms with Crippen LogP contribution < -0.4 is 5.32 Å². The third-order valence-corrected chi connectivity index (χ3v) is 4.49. The largest absolute Gasteiger partial charge is 0.378 e. The van der Waals surface area contributed by atoms with Gasteiger partial charge in [0.25, 0.3) is 5.91 Å². The Labute approximate surface area is 151 Å². The topological polar surface area (TPSA) is 52.6 Å². The highest BCUT2D eigenvalue weighted by Gasteiger charge is 2.25. The van der Waals surface area contributed by atoms with Crippen LogP contribution in [0.25, 0.3) is 0 Å². The van der Waals surface area contributed by atoms with E-state index in [0.717, 1.165) is 18.7 Å².